The van der Waals surface area contributed by atoms with Gasteiger partial charge in [0.05, 0.1) is 13.2 Å². The normalized spacial score (nSPS) is 16.7. The van der Waals surface area contributed by atoms with Crippen LogP contribution in [0.4, 0.5) is 5.69 Å². The first-order valence-electron chi connectivity index (χ1n) is 10.6. The number of nitrogens with one attached hydrogen (secondary N) is 1. The Morgan fingerprint density at radius 1 is 1.07 bits per heavy atom. The number of nitrogens with zero attached hydrogens (tertiary/aromatic N) is 1. The van der Waals surface area contributed by atoms with Crippen molar-refractivity contribution in [1.82, 2.24) is 4.90 Å². The predicted octanol–water partition coefficient (Wildman–Crippen LogP) is 4.39. The van der Waals surface area contributed by atoms with E-state index in [2.05, 4.69) is 5.32 Å². The molecule has 0 radical (unpaired) electrons. The third-order valence-corrected chi connectivity index (χ3v) is 5.78. The standard InChI is InChI=1S/C24H28N2O4/c1-29-21-13-12-19(15-22(21)30-20-5-2-3-6-20)25-24(28)18-10-8-17(9-11-18)16-26-14-4-7-23(26)27/h8-13,15,20H,2-7,14,16H2,1H3,(H,25,28). The van der Waals surface area contributed by atoms with Gasteiger partial charge in [0.1, 0.15) is 0 Å². The van der Waals surface area contributed by atoms with Crippen molar-refractivity contribution in [3.05, 3.63) is 53.6 Å². The Balaban J connectivity index is 1.40. The van der Waals surface area contributed by atoms with E-state index >= 15 is 0 Å². The summed E-state index contributed by atoms with van der Waals surface area (Å²) >= 11 is 0. The Kier molecular flexibility index (Phi) is 6.21. The van der Waals surface area contributed by atoms with Crippen molar-refractivity contribution in [2.24, 2.45) is 0 Å². The highest BCUT2D eigenvalue weighted by Crippen LogP contribution is 2.34. The number of carbonyl (C=O) groups is 2. The van der Waals surface area contributed by atoms with Crippen LogP contribution in [0, 0.1) is 0 Å². The highest BCUT2D eigenvalue weighted by atomic mass is 16.5. The number of ether oxygens (including phenoxy) is 2. The Bertz CT molecular complexity index is 904. The Hall–Kier alpha value is -3.02. The van der Waals surface area contributed by atoms with E-state index in [0.717, 1.165) is 31.4 Å². The molecule has 2 fully saturated rings. The van der Waals surface area contributed by atoms with Crippen molar-refractivity contribution >= 4 is 17.5 Å². The maximum absolute atomic E-state index is 12.7. The quantitative estimate of drug-likeness (QED) is 0.738. The molecule has 4 rings (SSSR count). The SMILES string of the molecule is COc1ccc(NC(=O)c2ccc(CN3CCCC3=O)cc2)cc1OC1CCCC1. The van der Waals surface area contributed by atoms with Crippen LogP contribution in [-0.4, -0.2) is 36.5 Å². The summed E-state index contributed by atoms with van der Waals surface area (Å²) in [6.45, 7) is 1.41. The molecule has 0 spiro atoms. The molecular formula is C24H28N2O4. The predicted molar refractivity (Wildman–Crippen MR) is 115 cm³/mol. The number of likely N-dealkylation sites (tertiary alicyclic amines) is 1. The number of benzene rings is 2. The van der Waals surface area contributed by atoms with Crippen LogP contribution in [0.15, 0.2) is 42.5 Å². The maximum Gasteiger partial charge on any atom is 0.255 e. The zero-order valence-corrected chi connectivity index (χ0v) is 17.4. The molecule has 1 aliphatic carbocycles. The number of rotatable bonds is 7. The van der Waals surface area contributed by atoms with Gasteiger partial charge in [0.2, 0.25) is 5.91 Å². The average molecular weight is 408 g/mol. The van der Waals surface area contributed by atoms with Crippen LogP contribution < -0.4 is 14.8 Å². The summed E-state index contributed by atoms with van der Waals surface area (Å²) in [5.74, 6) is 1.34. The molecule has 2 aromatic rings. The van der Waals surface area contributed by atoms with Crippen molar-refractivity contribution in [1.29, 1.82) is 0 Å². The Morgan fingerprint density at radius 2 is 1.83 bits per heavy atom. The lowest BCUT2D eigenvalue weighted by molar-refractivity contribution is -0.128. The minimum Gasteiger partial charge on any atom is -0.493 e. The second-order valence-corrected chi connectivity index (χ2v) is 7.96. The van der Waals surface area contributed by atoms with E-state index in [1.54, 1.807) is 19.2 Å². The van der Waals surface area contributed by atoms with Crippen LogP contribution in [0.25, 0.3) is 0 Å². The van der Waals surface area contributed by atoms with Crippen LogP contribution >= 0.6 is 0 Å². The summed E-state index contributed by atoms with van der Waals surface area (Å²) in [5.41, 5.74) is 2.26. The van der Waals surface area contributed by atoms with Gasteiger partial charge in [0, 0.05) is 36.8 Å². The van der Waals surface area contributed by atoms with Crippen molar-refractivity contribution in [3.8, 4) is 11.5 Å². The van der Waals surface area contributed by atoms with Crippen LogP contribution in [0.5, 0.6) is 11.5 Å². The first-order chi connectivity index (χ1) is 14.6. The van der Waals surface area contributed by atoms with E-state index in [4.69, 9.17) is 9.47 Å². The molecule has 0 bridgehead atoms. The highest BCUT2D eigenvalue weighted by Gasteiger charge is 2.21. The van der Waals surface area contributed by atoms with Gasteiger partial charge in [-0.2, -0.15) is 0 Å². The van der Waals surface area contributed by atoms with Crippen LogP contribution in [0.3, 0.4) is 0 Å². The molecule has 0 atom stereocenters. The molecule has 6 nitrogen and oxygen atoms in total. The van der Waals surface area contributed by atoms with E-state index in [9.17, 15) is 9.59 Å². The molecule has 0 aromatic heterocycles. The molecule has 1 saturated carbocycles. The number of hydrogen-bond acceptors (Lipinski definition) is 4. The van der Waals surface area contributed by atoms with E-state index in [1.165, 1.54) is 12.8 Å². The van der Waals surface area contributed by atoms with E-state index < -0.39 is 0 Å². The molecule has 1 saturated heterocycles. The molecule has 158 valence electrons. The van der Waals surface area contributed by atoms with Crippen molar-refractivity contribution < 1.29 is 19.1 Å². The first kappa shape index (κ1) is 20.3. The summed E-state index contributed by atoms with van der Waals surface area (Å²) in [6, 6.07) is 12.9. The second kappa shape index (κ2) is 9.20. The lowest BCUT2D eigenvalue weighted by Gasteiger charge is -2.17. The van der Waals surface area contributed by atoms with Gasteiger partial charge in [0.15, 0.2) is 11.5 Å². The van der Waals surface area contributed by atoms with Gasteiger partial charge < -0.3 is 19.7 Å². The summed E-state index contributed by atoms with van der Waals surface area (Å²) in [5, 5.41) is 2.94. The van der Waals surface area contributed by atoms with Crippen molar-refractivity contribution in [2.45, 2.75) is 51.2 Å². The van der Waals surface area contributed by atoms with E-state index in [0.29, 0.717) is 35.7 Å². The van der Waals surface area contributed by atoms with E-state index in [-0.39, 0.29) is 17.9 Å². The molecular weight excluding hydrogens is 380 g/mol. The highest BCUT2D eigenvalue weighted by molar-refractivity contribution is 6.04. The number of methoxy groups -OCH3 is 1. The van der Waals surface area contributed by atoms with Crippen molar-refractivity contribution in [2.75, 3.05) is 19.0 Å². The van der Waals surface area contributed by atoms with Gasteiger partial charge in [-0.3, -0.25) is 9.59 Å². The fourth-order valence-corrected chi connectivity index (χ4v) is 4.09. The zero-order valence-electron chi connectivity index (χ0n) is 17.4. The Morgan fingerprint density at radius 3 is 2.50 bits per heavy atom. The van der Waals surface area contributed by atoms with Crippen LogP contribution in [0.1, 0.15) is 54.4 Å². The monoisotopic (exact) mass is 408 g/mol. The molecule has 2 aromatic carbocycles. The minimum atomic E-state index is -0.184. The summed E-state index contributed by atoms with van der Waals surface area (Å²) in [7, 11) is 1.62. The van der Waals surface area contributed by atoms with Crippen LogP contribution in [0.2, 0.25) is 0 Å². The van der Waals surface area contributed by atoms with Gasteiger partial charge in [-0.1, -0.05) is 12.1 Å². The number of carbonyl (C=O) groups excluding carboxylic acids is 2. The Labute approximate surface area is 177 Å². The molecule has 2 amide bonds. The lowest BCUT2D eigenvalue weighted by atomic mass is 10.1. The average Bonchev–Trinajstić information content (AvgIpc) is 3.41. The summed E-state index contributed by atoms with van der Waals surface area (Å²) in [4.78, 5) is 26.3. The fourth-order valence-electron chi connectivity index (χ4n) is 4.09. The summed E-state index contributed by atoms with van der Waals surface area (Å²) < 4.78 is 11.5. The lowest BCUT2D eigenvalue weighted by Crippen LogP contribution is -2.23. The van der Waals surface area contributed by atoms with Crippen LogP contribution in [-0.2, 0) is 11.3 Å². The maximum atomic E-state index is 12.7. The number of hydrogen-bond donors (Lipinski definition) is 1. The van der Waals surface area contributed by atoms with Gasteiger partial charge >= 0.3 is 0 Å². The van der Waals surface area contributed by atoms with Gasteiger partial charge in [-0.05, 0) is 61.9 Å². The summed E-state index contributed by atoms with van der Waals surface area (Å²) in [6.07, 6.45) is 6.24. The van der Waals surface area contributed by atoms with E-state index in [1.807, 2.05) is 35.2 Å². The van der Waals surface area contributed by atoms with Crippen molar-refractivity contribution in [3.63, 3.8) is 0 Å². The number of anilines is 1. The molecule has 0 unspecified atom stereocenters. The first-order valence-corrected chi connectivity index (χ1v) is 10.6. The molecule has 1 heterocycles. The van der Waals surface area contributed by atoms with Gasteiger partial charge in [-0.25, -0.2) is 0 Å². The van der Waals surface area contributed by atoms with Gasteiger partial charge in [-0.15, -0.1) is 0 Å². The second-order valence-electron chi connectivity index (χ2n) is 7.96. The smallest absolute Gasteiger partial charge is 0.255 e. The minimum absolute atomic E-state index is 0.184. The fraction of sp³-hybridized carbons (Fsp3) is 0.417. The molecule has 6 heteroatoms. The molecule has 2 aliphatic rings. The topological polar surface area (TPSA) is 67.9 Å². The molecule has 1 aliphatic heterocycles. The third-order valence-electron chi connectivity index (χ3n) is 5.78. The van der Waals surface area contributed by atoms with Gasteiger partial charge in [0.25, 0.3) is 5.91 Å². The third kappa shape index (κ3) is 4.75. The zero-order chi connectivity index (χ0) is 20.9. The number of amides is 2. The molecule has 1 N–H and O–H groups in total. The largest absolute Gasteiger partial charge is 0.493 e. The molecule has 30 heavy (non-hydrogen) atoms.